The first kappa shape index (κ1) is 11.3. The lowest BCUT2D eigenvalue weighted by atomic mass is 9.82. The molecule has 0 saturated carbocycles. The van der Waals surface area contributed by atoms with Gasteiger partial charge in [-0.05, 0) is 37.3 Å². The number of aromatic nitrogens is 1. The monoisotopic (exact) mass is 242 g/mol. The van der Waals surface area contributed by atoms with Gasteiger partial charge in [0, 0.05) is 12.5 Å². The van der Waals surface area contributed by atoms with Crippen LogP contribution in [0.3, 0.4) is 0 Å². The summed E-state index contributed by atoms with van der Waals surface area (Å²) in [5, 5.41) is 7.52. The van der Waals surface area contributed by atoms with E-state index in [1.807, 2.05) is 0 Å². The number of anilines is 1. The topological polar surface area (TPSA) is 38.1 Å². The molecule has 3 heteroatoms. The summed E-state index contributed by atoms with van der Waals surface area (Å²) in [5.74, 6) is 0.479. The molecule has 18 heavy (non-hydrogen) atoms. The molecule has 1 aromatic carbocycles. The molecule has 3 nitrogen and oxygen atoms in total. The Morgan fingerprint density at radius 2 is 2.17 bits per heavy atom. The molecule has 2 aromatic rings. The first-order chi connectivity index (χ1) is 8.88. The van der Waals surface area contributed by atoms with Crippen molar-refractivity contribution in [2.75, 3.05) is 11.9 Å². The minimum absolute atomic E-state index is 0.479. The van der Waals surface area contributed by atoms with Crippen LogP contribution in [0.25, 0.3) is 0 Å². The average Bonchev–Trinajstić information content (AvgIpc) is 2.87. The highest BCUT2D eigenvalue weighted by Crippen LogP contribution is 2.35. The summed E-state index contributed by atoms with van der Waals surface area (Å²) in [6.07, 6.45) is 5.08. The second-order valence-corrected chi connectivity index (χ2v) is 4.85. The Hall–Kier alpha value is -1.77. The number of aryl methyl sites for hydroxylation is 1. The Bertz CT molecular complexity index is 533. The van der Waals surface area contributed by atoms with Crippen LogP contribution in [-0.4, -0.2) is 11.7 Å². The maximum Gasteiger partial charge on any atom is 0.147 e. The highest BCUT2D eigenvalue weighted by atomic mass is 16.5. The second-order valence-electron chi connectivity index (χ2n) is 4.85. The van der Waals surface area contributed by atoms with Crippen molar-refractivity contribution in [3.8, 4) is 0 Å². The van der Waals surface area contributed by atoms with Gasteiger partial charge in [-0.1, -0.05) is 29.4 Å². The molecular weight excluding hydrogens is 224 g/mol. The van der Waals surface area contributed by atoms with Gasteiger partial charge in [0.15, 0.2) is 0 Å². The van der Waals surface area contributed by atoms with Crippen LogP contribution in [0.1, 0.15) is 36.1 Å². The van der Waals surface area contributed by atoms with Crippen molar-refractivity contribution < 1.29 is 4.52 Å². The van der Waals surface area contributed by atoms with E-state index in [1.165, 1.54) is 11.1 Å². The molecule has 0 radical (unpaired) electrons. The predicted molar refractivity (Wildman–Crippen MR) is 71.9 cm³/mol. The fourth-order valence-corrected chi connectivity index (χ4v) is 2.79. The first-order valence-corrected chi connectivity index (χ1v) is 6.63. The third-order valence-corrected chi connectivity index (χ3v) is 3.70. The summed E-state index contributed by atoms with van der Waals surface area (Å²) in [6.45, 7) is 2.99. The highest BCUT2D eigenvalue weighted by Gasteiger charge is 2.24. The van der Waals surface area contributed by atoms with Crippen molar-refractivity contribution in [3.63, 3.8) is 0 Å². The van der Waals surface area contributed by atoms with Gasteiger partial charge < -0.3 is 9.84 Å². The van der Waals surface area contributed by atoms with Crippen molar-refractivity contribution >= 4 is 5.69 Å². The van der Waals surface area contributed by atoms with Gasteiger partial charge in [-0.25, -0.2) is 0 Å². The summed E-state index contributed by atoms with van der Waals surface area (Å²) < 4.78 is 5.13. The molecule has 0 amide bonds. The van der Waals surface area contributed by atoms with Crippen molar-refractivity contribution in [1.29, 1.82) is 0 Å². The normalized spacial score (nSPS) is 18.4. The lowest BCUT2D eigenvalue weighted by Crippen LogP contribution is -2.14. The van der Waals surface area contributed by atoms with E-state index in [0.29, 0.717) is 5.92 Å². The number of fused-ring (bicyclic) bond motifs is 1. The summed E-state index contributed by atoms with van der Waals surface area (Å²) in [4.78, 5) is 0. The number of hydrogen-bond acceptors (Lipinski definition) is 3. The molecule has 1 heterocycles. The Balaban J connectivity index is 1.85. The molecule has 0 bridgehead atoms. The van der Waals surface area contributed by atoms with Crippen LogP contribution < -0.4 is 5.32 Å². The van der Waals surface area contributed by atoms with E-state index < -0.39 is 0 Å². The van der Waals surface area contributed by atoms with E-state index in [1.54, 1.807) is 6.26 Å². The Morgan fingerprint density at radius 3 is 3.00 bits per heavy atom. The third kappa shape index (κ3) is 2.01. The van der Waals surface area contributed by atoms with Crippen molar-refractivity contribution in [2.24, 2.45) is 0 Å². The molecule has 3 rings (SSSR count). The van der Waals surface area contributed by atoms with E-state index in [0.717, 1.165) is 37.2 Å². The largest absolute Gasteiger partial charge is 0.381 e. The zero-order valence-electron chi connectivity index (χ0n) is 10.6. The maximum atomic E-state index is 5.13. The fourth-order valence-electron chi connectivity index (χ4n) is 2.79. The minimum atomic E-state index is 0.479. The van der Waals surface area contributed by atoms with Gasteiger partial charge in [-0.15, -0.1) is 0 Å². The van der Waals surface area contributed by atoms with Gasteiger partial charge in [-0.2, -0.15) is 0 Å². The second kappa shape index (κ2) is 4.84. The number of benzene rings is 1. The van der Waals surface area contributed by atoms with Crippen LogP contribution in [0.4, 0.5) is 5.69 Å². The zero-order chi connectivity index (χ0) is 12.4. The van der Waals surface area contributed by atoms with Crippen molar-refractivity contribution in [2.45, 2.75) is 32.1 Å². The minimum Gasteiger partial charge on any atom is -0.381 e. The van der Waals surface area contributed by atoms with Gasteiger partial charge in [0.25, 0.3) is 0 Å². The molecule has 1 aliphatic rings. The third-order valence-electron chi connectivity index (χ3n) is 3.70. The van der Waals surface area contributed by atoms with E-state index in [9.17, 15) is 0 Å². The summed E-state index contributed by atoms with van der Waals surface area (Å²) in [5.41, 5.74) is 5.09. The Labute approximate surface area is 107 Å². The molecular formula is C15H18N2O. The summed E-state index contributed by atoms with van der Waals surface area (Å²) in [7, 11) is 0. The summed E-state index contributed by atoms with van der Waals surface area (Å²) >= 11 is 0. The Morgan fingerprint density at radius 1 is 1.33 bits per heavy atom. The average molecular weight is 242 g/mol. The SMILES string of the molecule is CCNc1conc1C1CCc2ccccc2C1. The van der Waals surface area contributed by atoms with Gasteiger partial charge >= 0.3 is 0 Å². The molecule has 1 N–H and O–H groups in total. The van der Waals surface area contributed by atoms with Crippen LogP contribution in [0.5, 0.6) is 0 Å². The predicted octanol–water partition coefficient (Wildman–Crippen LogP) is 3.38. The maximum absolute atomic E-state index is 5.13. The van der Waals surface area contributed by atoms with Gasteiger partial charge in [0.1, 0.15) is 12.0 Å². The lowest BCUT2D eigenvalue weighted by Gasteiger charge is -2.23. The highest BCUT2D eigenvalue weighted by molar-refractivity contribution is 5.48. The smallest absolute Gasteiger partial charge is 0.147 e. The molecule has 0 fully saturated rings. The van der Waals surface area contributed by atoms with Crippen LogP contribution in [0, 0.1) is 0 Å². The molecule has 1 aromatic heterocycles. The van der Waals surface area contributed by atoms with Crippen LogP contribution in [0.2, 0.25) is 0 Å². The fraction of sp³-hybridized carbons (Fsp3) is 0.400. The van der Waals surface area contributed by atoms with E-state index >= 15 is 0 Å². The van der Waals surface area contributed by atoms with E-state index in [4.69, 9.17) is 4.52 Å². The number of nitrogens with zero attached hydrogens (tertiary/aromatic N) is 1. The van der Waals surface area contributed by atoms with Crippen molar-refractivity contribution in [1.82, 2.24) is 5.16 Å². The molecule has 0 spiro atoms. The molecule has 0 aliphatic heterocycles. The molecule has 0 saturated heterocycles. The number of hydrogen-bond donors (Lipinski definition) is 1. The van der Waals surface area contributed by atoms with Crippen LogP contribution >= 0.6 is 0 Å². The van der Waals surface area contributed by atoms with Gasteiger partial charge in [0.05, 0.1) is 5.69 Å². The quantitative estimate of drug-likeness (QED) is 0.896. The standard InChI is InChI=1S/C15H18N2O/c1-2-16-14-10-18-17-15(14)13-8-7-11-5-3-4-6-12(11)9-13/h3-6,10,13,16H,2,7-9H2,1H3. The lowest BCUT2D eigenvalue weighted by molar-refractivity contribution is 0.399. The number of rotatable bonds is 3. The summed E-state index contributed by atoms with van der Waals surface area (Å²) in [6, 6.07) is 8.71. The van der Waals surface area contributed by atoms with Gasteiger partial charge in [0.2, 0.25) is 0 Å². The molecule has 94 valence electrons. The molecule has 1 unspecified atom stereocenters. The number of nitrogens with one attached hydrogen (secondary N) is 1. The zero-order valence-corrected chi connectivity index (χ0v) is 10.6. The first-order valence-electron chi connectivity index (χ1n) is 6.63. The van der Waals surface area contributed by atoms with Crippen molar-refractivity contribution in [3.05, 3.63) is 47.3 Å². The van der Waals surface area contributed by atoms with E-state index in [2.05, 4.69) is 41.7 Å². The van der Waals surface area contributed by atoms with Gasteiger partial charge in [-0.3, -0.25) is 0 Å². The molecule has 1 atom stereocenters. The van der Waals surface area contributed by atoms with E-state index in [-0.39, 0.29) is 0 Å². The van der Waals surface area contributed by atoms with Crippen LogP contribution in [0.15, 0.2) is 35.1 Å². The Kier molecular flexibility index (Phi) is 3.05. The molecule has 1 aliphatic carbocycles. The van der Waals surface area contributed by atoms with Crippen LogP contribution in [-0.2, 0) is 12.8 Å².